The Bertz CT molecular complexity index is 399. The summed E-state index contributed by atoms with van der Waals surface area (Å²) < 4.78 is 42.0. The van der Waals surface area contributed by atoms with E-state index >= 15 is 0 Å². The van der Waals surface area contributed by atoms with Crippen molar-refractivity contribution in [3.05, 3.63) is 17.8 Å². The van der Waals surface area contributed by atoms with Crippen molar-refractivity contribution in [1.82, 2.24) is 10.2 Å². The first-order chi connectivity index (χ1) is 8.39. The lowest BCUT2D eigenvalue weighted by atomic mass is 10.0. The summed E-state index contributed by atoms with van der Waals surface area (Å²) in [5.41, 5.74) is 4.64. The quantitative estimate of drug-likeness (QED) is 0.905. The van der Waals surface area contributed by atoms with Crippen LogP contribution in [0.4, 0.5) is 13.2 Å². The molecule has 0 aromatic carbocycles. The first-order valence-electron chi connectivity index (χ1n) is 5.72. The summed E-state index contributed by atoms with van der Waals surface area (Å²) in [5, 5.41) is 6.47. The Morgan fingerprint density at radius 1 is 1.22 bits per heavy atom. The van der Waals surface area contributed by atoms with Crippen LogP contribution in [0.3, 0.4) is 0 Å². The smallest absolute Gasteiger partial charge is 0.435 e. The van der Waals surface area contributed by atoms with Gasteiger partial charge in [-0.2, -0.15) is 13.2 Å². The van der Waals surface area contributed by atoms with Crippen LogP contribution in [0, 0.1) is 0 Å². The van der Waals surface area contributed by atoms with E-state index in [2.05, 4.69) is 10.2 Å². The van der Waals surface area contributed by atoms with Gasteiger partial charge in [0, 0.05) is 6.07 Å². The number of nitrogens with two attached hydrogens (primary N) is 1. The summed E-state index contributed by atoms with van der Waals surface area (Å²) in [5.74, 6) is 0.0692. The fraction of sp³-hybridized carbons (Fsp3) is 0.636. The minimum Gasteiger partial charge on any atom is -0.475 e. The molecule has 1 heterocycles. The molecule has 0 aliphatic heterocycles. The molecule has 1 saturated carbocycles. The molecular weight excluding hydrogens is 247 g/mol. The Morgan fingerprint density at radius 3 is 2.39 bits per heavy atom. The molecule has 0 saturated heterocycles. The Kier molecular flexibility index (Phi) is 3.43. The molecule has 2 rings (SSSR count). The first kappa shape index (κ1) is 13.1. The largest absolute Gasteiger partial charge is 0.475 e. The highest BCUT2D eigenvalue weighted by Gasteiger charge is 2.33. The maximum absolute atomic E-state index is 12.2. The number of alkyl halides is 3. The van der Waals surface area contributed by atoms with E-state index in [1.54, 1.807) is 0 Å². The zero-order valence-electron chi connectivity index (χ0n) is 9.70. The lowest BCUT2D eigenvalue weighted by Crippen LogP contribution is -2.42. The Hall–Kier alpha value is -1.37. The second kappa shape index (κ2) is 4.72. The maximum atomic E-state index is 12.2. The number of nitrogens with zero attached hydrogens (tertiary/aromatic N) is 2. The molecule has 1 aliphatic carbocycles. The van der Waals surface area contributed by atoms with Gasteiger partial charge in [-0.05, 0) is 18.9 Å². The van der Waals surface area contributed by atoms with Gasteiger partial charge < -0.3 is 10.5 Å². The Balaban J connectivity index is 1.94. The molecular formula is C11H14F3N3O. The van der Waals surface area contributed by atoms with E-state index < -0.39 is 11.9 Å². The lowest BCUT2D eigenvalue weighted by molar-refractivity contribution is -0.141. The Labute approximate surface area is 102 Å². The van der Waals surface area contributed by atoms with E-state index in [1.165, 1.54) is 0 Å². The summed E-state index contributed by atoms with van der Waals surface area (Å²) in [6, 6.07) is 2.01. The van der Waals surface area contributed by atoms with Gasteiger partial charge in [0.25, 0.3) is 0 Å². The van der Waals surface area contributed by atoms with Crippen LogP contribution in [0.2, 0.25) is 0 Å². The van der Waals surface area contributed by atoms with Crippen LogP contribution in [-0.4, -0.2) is 22.3 Å². The number of ether oxygens (including phenoxy) is 1. The average Bonchev–Trinajstić information content (AvgIpc) is 2.74. The minimum absolute atomic E-state index is 0.0692. The highest BCUT2D eigenvalue weighted by molar-refractivity contribution is 5.13. The van der Waals surface area contributed by atoms with Gasteiger partial charge in [0.1, 0.15) is 6.61 Å². The normalized spacial score (nSPS) is 18.9. The van der Waals surface area contributed by atoms with Crippen LogP contribution in [0.1, 0.15) is 31.4 Å². The van der Waals surface area contributed by atoms with E-state index in [-0.39, 0.29) is 18.0 Å². The third-order valence-electron chi connectivity index (χ3n) is 3.04. The van der Waals surface area contributed by atoms with Crippen molar-refractivity contribution in [3.8, 4) is 5.88 Å². The van der Waals surface area contributed by atoms with Crippen LogP contribution in [-0.2, 0) is 6.18 Å². The highest BCUT2D eigenvalue weighted by atomic mass is 19.4. The molecule has 2 N–H and O–H groups in total. The zero-order chi connectivity index (χ0) is 13.2. The van der Waals surface area contributed by atoms with E-state index in [0.29, 0.717) is 0 Å². The first-order valence-corrected chi connectivity index (χ1v) is 5.72. The van der Waals surface area contributed by atoms with Gasteiger partial charge >= 0.3 is 6.18 Å². The van der Waals surface area contributed by atoms with Gasteiger partial charge in [0.05, 0.1) is 5.54 Å². The van der Waals surface area contributed by atoms with E-state index in [0.717, 1.165) is 37.8 Å². The van der Waals surface area contributed by atoms with E-state index in [4.69, 9.17) is 10.5 Å². The van der Waals surface area contributed by atoms with Crippen LogP contribution in [0.5, 0.6) is 5.88 Å². The SMILES string of the molecule is NC1(COc2ccc(C(F)(F)F)nn2)CCCC1. The van der Waals surface area contributed by atoms with E-state index in [9.17, 15) is 13.2 Å². The van der Waals surface area contributed by atoms with Crippen molar-refractivity contribution in [2.45, 2.75) is 37.4 Å². The third-order valence-corrected chi connectivity index (χ3v) is 3.04. The molecule has 7 heteroatoms. The monoisotopic (exact) mass is 261 g/mol. The maximum Gasteiger partial charge on any atom is 0.435 e. The Morgan fingerprint density at radius 2 is 1.89 bits per heavy atom. The summed E-state index contributed by atoms with van der Waals surface area (Å²) in [7, 11) is 0. The molecule has 1 aliphatic rings. The molecule has 4 nitrogen and oxygen atoms in total. The number of rotatable bonds is 3. The average molecular weight is 261 g/mol. The molecule has 0 unspecified atom stereocenters. The summed E-state index contributed by atoms with van der Waals surface area (Å²) in [6.07, 6.45) is -0.648. The van der Waals surface area contributed by atoms with E-state index in [1.807, 2.05) is 0 Å². The molecule has 1 aromatic rings. The van der Waals surface area contributed by atoms with Crippen molar-refractivity contribution in [2.75, 3.05) is 6.61 Å². The number of halogens is 3. The summed E-state index contributed by atoms with van der Waals surface area (Å²) in [6.45, 7) is 0.257. The van der Waals surface area contributed by atoms with Gasteiger partial charge in [-0.1, -0.05) is 12.8 Å². The van der Waals surface area contributed by atoms with Crippen LogP contribution in [0.25, 0.3) is 0 Å². The van der Waals surface area contributed by atoms with Gasteiger partial charge in [-0.3, -0.25) is 0 Å². The van der Waals surface area contributed by atoms with Crippen molar-refractivity contribution in [2.24, 2.45) is 5.73 Å². The fourth-order valence-electron chi connectivity index (χ4n) is 1.99. The second-order valence-electron chi connectivity index (χ2n) is 4.61. The van der Waals surface area contributed by atoms with Crippen molar-refractivity contribution in [3.63, 3.8) is 0 Å². The molecule has 0 bridgehead atoms. The fourth-order valence-corrected chi connectivity index (χ4v) is 1.99. The standard InChI is InChI=1S/C11H14F3N3O/c12-11(13,14)8-3-4-9(17-16-8)18-7-10(15)5-1-2-6-10/h3-4H,1-2,5-7,15H2. The minimum atomic E-state index is -4.48. The van der Waals surface area contributed by atoms with Gasteiger partial charge in [0.15, 0.2) is 5.69 Å². The second-order valence-corrected chi connectivity index (χ2v) is 4.61. The third kappa shape index (κ3) is 3.10. The van der Waals surface area contributed by atoms with Crippen LogP contribution >= 0.6 is 0 Å². The van der Waals surface area contributed by atoms with Crippen molar-refractivity contribution < 1.29 is 17.9 Å². The van der Waals surface area contributed by atoms with Crippen LogP contribution in [0.15, 0.2) is 12.1 Å². The highest BCUT2D eigenvalue weighted by Crippen LogP contribution is 2.29. The zero-order valence-corrected chi connectivity index (χ0v) is 9.70. The number of hydrogen-bond donors (Lipinski definition) is 1. The molecule has 1 fully saturated rings. The molecule has 18 heavy (non-hydrogen) atoms. The molecule has 0 atom stereocenters. The molecule has 100 valence electrons. The molecule has 0 radical (unpaired) electrons. The van der Waals surface area contributed by atoms with Crippen molar-refractivity contribution in [1.29, 1.82) is 0 Å². The van der Waals surface area contributed by atoms with Gasteiger partial charge in [0.2, 0.25) is 5.88 Å². The van der Waals surface area contributed by atoms with Gasteiger partial charge in [-0.25, -0.2) is 0 Å². The molecule has 0 spiro atoms. The number of aromatic nitrogens is 2. The summed E-state index contributed by atoms with van der Waals surface area (Å²) in [4.78, 5) is 0. The predicted molar refractivity (Wildman–Crippen MR) is 57.9 cm³/mol. The molecule has 0 amide bonds. The molecule has 1 aromatic heterocycles. The number of hydrogen-bond acceptors (Lipinski definition) is 4. The predicted octanol–water partition coefficient (Wildman–Crippen LogP) is 2.15. The topological polar surface area (TPSA) is 61.0 Å². The van der Waals surface area contributed by atoms with Crippen molar-refractivity contribution >= 4 is 0 Å². The lowest BCUT2D eigenvalue weighted by Gasteiger charge is -2.22. The van der Waals surface area contributed by atoms with Crippen LogP contribution < -0.4 is 10.5 Å². The summed E-state index contributed by atoms with van der Waals surface area (Å²) >= 11 is 0. The van der Waals surface area contributed by atoms with Gasteiger partial charge in [-0.15, -0.1) is 10.2 Å².